The molecule has 2 N–H and O–H groups in total. The van der Waals surface area contributed by atoms with E-state index >= 15 is 0 Å². The Labute approximate surface area is 76.1 Å². The molecule has 0 aliphatic heterocycles. The third kappa shape index (κ3) is 3.25. The van der Waals surface area contributed by atoms with Crippen molar-refractivity contribution in [3.63, 3.8) is 0 Å². The fourth-order valence-corrected chi connectivity index (χ4v) is 0.969. The summed E-state index contributed by atoms with van der Waals surface area (Å²) in [5, 5.41) is 9.20. The zero-order valence-electron chi connectivity index (χ0n) is 7.70. The van der Waals surface area contributed by atoms with Crippen LogP contribution in [0, 0.1) is 0 Å². The Bertz CT molecular complexity index is 290. The number of ether oxygens (including phenoxy) is 1. The maximum atomic E-state index is 10.7. The second-order valence-electron chi connectivity index (χ2n) is 2.81. The van der Waals surface area contributed by atoms with Gasteiger partial charge < -0.3 is 10.1 Å². The molecule has 0 saturated carbocycles. The van der Waals surface area contributed by atoms with Crippen LogP contribution in [-0.4, -0.2) is 30.0 Å². The summed E-state index contributed by atoms with van der Waals surface area (Å²) in [5.41, 5.74) is -0.204. The van der Waals surface area contributed by atoms with E-state index in [9.17, 15) is 4.79 Å². The van der Waals surface area contributed by atoms with Crippen molar-refractivity contribution in [2.24, 2.45) is 0 Å². The monoisotopic (exact) mass is 183 g/mol. The first-order valence-electron chi connectivity index (χ1n) is 4.03. The first-order chi connectivity index (χ1) is 6.22. The zero-order chi connectivity index (χ0) is 9.68. The number of methoxy groups -OCH3 is 1. The Morgan fingerprint density at radius 1 is 1.69 bits per heavy atom. The van der Waals surface area contributed by atoms with E-state index in [1.807, 2.05) is 6.92 Å². The van der Waals surface area contributed by atoms with E-state index in [0.29, 0.717) is 12.4 Å². The molecule has 1 aromatic heterocycles. The van der Waals surface area contributed by atoms with Crippen LogP contribution in [0.2, 0.25) is 0 Å². The Morgan fingerprint density at radius 2 is 2.46 bits per heavy atom. The number of nitrogens with one attached hydrogen (secondary N) is 2. The van der Waals surface area contributed by atoms with Gasteiger partial charge in [0.15, 0.2) is 0 Å². The van der Waals surface area contributed by atoms with Gasteiger partial charge in [-0.2, -0.15) is 5.10 Å². The average molecular weight is 183 g/mol. The van der Waals surface area contributed by atoms with E-state index in [2.05, 4.69) is 15.5 Å². The standard InChI is InChI=1S/C8H13N3O2/c1-6(5-13-2)9-7-3-4-8(12)11-10-7/h3-4,6H,5H2,1-2H3,(H,9,10)(H,11,12)/t6-/m0/s1. The summed E-state index contributed by atoms with van der Waals surface area (Å²) in [4.78, 5) is 10.7. The van der Waals surface area contributed by atoms with Crippen LogP contribution < -0.4 is 10.9 Å². The van der Waals surface area contributed by atoms with Crippen molar-refractivity contribution in [1.82, 2.24) is 10.2 Å². The second-order valence-corrected chi connectivity index (χ2v) is 2.81. The molecule has 1 rings (SSSR count). The van der Waals surface area contributed by atoms with Gasteiger partial charge in [-0.3, -0.25) is 4.79 Å². The molecular formula is C8H13N3O2. The average Bonchev–Trinajstić information content (AvgIpc) is 2.09. The second kappa shape index (κ2) is 4.61. The van der Waals surface area contributed by atoms with E-state index in [-0.39, 0.29) is 11.6 Å². The number of aromatic amines is 1. The number of anilines is 1. The van der Waals surface area contributed by atoms with Crippen LogP contribution >= 0.6 is 0 Å². The van der Waals surface area contributed by atoms with Gasteiger partial charge >= 0.3 is 0 Å². The molecule has 72 valence electrons. The van der Waals surface area contributed by atoms with Gasteiger partial charge in [-0.25, -0.2) is 5.10 Å². The van der Waals surface area contributed by atoms with E-state index in [0.717, 1.165) is 0 Å². The summed E-state index contributed by atoms with van der Waals surface area (Å²) in [7, 11) is 1.64. The predicted octanol–water partition coefficient (Wildman–Crippen LogP) is 0.217. The smallest absolute Gasteiger partial charge is 0.264 e. The molecule has 0 unspecified atom stereocenters. The summed E-state index contributed by atoms with van der Waals surface area (Å²) in [6, 6.07) is 3.23. The van der Waals surface area contributed by atoms with Crippen LogP contribution in [0.15, 0.2) is 16.9 Å². The van der Waals surface area contributed by atoms with Crippen LogP contribution in [0.25, 0.3) is 0 Å². The first kappa shape index (κ1) is 9.73. The highest BCUT2D eigenvalue weighted by atomic mass is 16.5. The van der Waals surface area contributed by atoms with Gasteiger partial charge in [0.25, 0.3) is 5.56 Å². The van der Waals surface area contributed by atoms with Crippen LogP contribution in [0.3, 0.4) is 0 Å². The minimum Gasteiger partial charge on any atom is -0.383 e. The zero-order valence-corrected chi connectivity index (χ0v) is 7.70. The van der Waals surface area contributed by atoms with Gasteiger partial charge in [-0.1, -0.05) is 0 Å². The molecule has 0 bridgehead atoms. The van der Waals surface area contributed by atoms with Crippen molar-refractivity contribution in [2.75, 3.05) is 19.0 Å². The number of nitrogens with zero attached hydrogens (tertiary/aromatic N) is 1. The third-order valence-corrected chi connectivity index (χ3v) is 1.49. The van der Waals surface area contributed by atoms with Crippen LogP contribution in [0.4, 0.5) is 5.82 Å². The van der Waals surface area contributed by atoms with Crippen LogP contribution in [0.1, 0.15) is 6.92 Å². The lowest BCUT2D eigenvalue weighted by atomic mass is 10.3. The molecule has 5 nitrogen and oxygen atoms in total. The van der Waals surface area contributed by atoms with Crippen molar-refractivity contribution in [3.8, 4) is 0 Å². The molecule has 1 heterocycles. The minimum absolute atomic E-state index is 0.170. The lowest BCUT2D eigenvalue weighted by Gasteiger charge is -2.12. The highest BCUT2D eigenvalue weighted by molar-refractivity contribution is 5.32. The van der Waals surface area contributed by atoms with Gasteiger partial charge in [-0.05, 0) is 13.0 Å². The fourth-order valence-electron chi connectivity index (χ4n) is 0.969. The SMILES string of the molecule is COC[C@H](C)Nc1ccc(=O)[nH]n1. The van der Waals surface area contributed by atoms with Crippen LogP contribution in [0.5, 0.6) is 0 Å². The largest absolute Gasteiger partial charge is 0.383 e. The summed E-state index contributed by atoms with van der Waals surface area (Å²) < 4.78 is 4.94. The Kier molecular flexibility index (Phi) is 3.45. The molecule has 5 heteroatoms. The van der Waals surface area contributed by atoms with E-state index in [1.165, 1.54) is 6.07 Å². The van der Waals surface area contributed by atoms with Crippen molar-refractivity contribution < 1.29 is 4.74 Å². The quantitative estimate of drug-likeness (QED) is 0.700. The van der Waals surface area contributed by atoms with Crippen molar-refractivity contribution in [1.29, 1.82) is 0 Å². The van der Waals surface area contributed by atoms with Gasteiger partial charge in [0.05, 0.1) is 6.61 Å². The van der Waals surface area contributed by atoms with Gasteiger partial charge in [0, 0.05) is 19.2 Å². The molecule has 0 amide bonds. The van der Waals surface area contributed by atoms with Crippen molar-refractivity contribution in [2.45, 2.75) is 13.0 Å². The minimum atomic E-state index is -0.204. The van der Waals surface area contributed by atoms with Gasteiger partial charge in [0.2, 0.25) is 0 Å². The fraction of sp³-hybridized carbons (Fsp3) is 0.500. The normalized spacial score (nSPS) is 12.5. The molecule has 13 heavy (non-hydrogen) atoms. The summed E-state index contributed by atoms with van der Waals surface area (Å²) in [5.74, 6) is 0.643. The maximum absolute atomic E-state index is 10.7. The molecule has 0 aliphatic rings. The Hall–Kier alpha value is -1.36. The highest BCUT2D eigenvalue weighted by Gasteiger charge is 2.01. The molecule has 0 fully saturated rings. The lowest BCUT2D eigenvalue weighted by Crippen LogP contribution is -2.22. The lowest BCUT2D eigenvalue weighted by molar-refractivity contribution is 0.190. The van der Waals surface area contributed by atoms with Gasteiger partial charge in [0.1, 0.15) is 5.82 Å². The van der Waals surface area contributed by atoms with E-state index in [1.54, 1.807) is 13.2 Å². The molecule has 0 spiro atoms. The number of hydrogen-bond acceptors (Lipinski definition) is 4. The molecule has 0 aromatic carbocycles. The number of aromatic nitrogens is 2. The summed E-state index contributed by atoms with van der Waals surface area (Å²) in [6.07, 6.45) is 0. The number of H-pyrrole nitrogens is 1. The molecule has 0 saturated heterocycles. The summed E-state index contributed by atoms with van der Waals surface area (Å²) >= 11 is 0. The number of hydrogen-bond donors (Lipinski definition) is 2. The maximum Gasteiger partial charge on any atom is 0.264 e. The predicted molar refractivity (Wildman–Crippen MR) is 49.8 cm³/mol. The molecule has 0 aliphatic carbocycles. The van der Waals surface area contributed by atoms with Gasteiger partial charge in [-0.15, -0.1) is 0 Å². The Balaban J connectivity index is 2.54. The van der Waals surface area contributed by atoms with Crippen molar-refractivity contribution in [3.05, 3.63) is 22.5 Å². The third-order valence-electron chi connectivity index (χ3n) is 1.49. The van der Waals surface area contributed by atoms with E-state index in [4.69, 9.17) is 4.74 Å². The highest BCUT2D eigenvalue weighted by Crippen LogP contribution is 1.99. The Morgan fingerprint density at radius 3 is 3.00 bits per heavy atom. The first-order valence-corrected chi connectivity index (χ1v) is 4.03. The van der Waals surface area contributed by atoms with E-state index < -0.39 is 0 Å². The molecule has 0 radical (unpaired) electrons. The summed E-state index contributed by atoms with van der Waals surface area (Å²) in [6.45, 7) is 2.57. The number of rotatable bonds is 4. The molecule has 1 atom stereocenters. The van der Waals surface area contributed by atoms with Crippen molar-refractivity contribution >= 4 is 5.82 Å². The topological polar surface area (TPSA) is 67.0 Å². The molecule has 1 aromatic rings. The molecular weight excluding hydrogens is 170 g/mol. The van der Waals surface area contributed by atoms with Crippen LogP contribution in [-0.2, 0) is 4.74 Å².